The van der Waals surface area contributed by atoms with Crippen LogP contribution in [0.3, 0.4) is 0 Å². The first-order valence-corrected chi connectivity index (χ1v) is 8.31. The molecule has 1 aliphatic rings. The second-order valence-electron chi connectivity index (χ2n) is 5.67. The van der Waals surface area contributed by atoms with Gasteiger partial charge >= 0.3 is 0 Å². The molecule has 3 rings (SSSR count). The number of carbonyl (C=O) groups excluding carboxylic acids is 1. The third-order valence-electron chi connectivity index (χ3n) is 3.86. The van der Waals surface area contributed by atoms with Gasteiger partial charge in [0, 0.05) is 24.2 Å². The second kappa shape index (κ2) is 7.18. The average Bonchev–Trinajstić information content (AvgIpc) is 3.40. The van der Waals surface area contributed by atoms with Gasteiger partial charge in [0.2, 0.25) is 5.88 Å². The quantitative estimate of drug-likeness (QED) is 0.790. The van der Waals surface area contributed by atoms with Crippen molar-refractivity contribution in [3.63, 3.8) is 0 Å². The maximum Gasteiger partial charge on any atom is 0.274 e. The van der Waals surface area contributed by atoms with Crippen LogP contribution in [0, 0.1) is 5.82 Å². The monoisotopic (exact) mass is 348 g/mol. The molecule has 126 valence electrons. The summed E-state index contributed by atoms with van der Waals surface area (Å²) in [6.45, 7) is 2.49. The highest BCUT2D eigenvalue weighted by atomic mass is 35.5. The first-order valence-electron chi connectivity index (χ1n) is 7.94. The van der Waals surface area contributed by atoms with Crippen molar-refractivity contribution in [2.45, 2.75) is 32.4 Å². The van der Waals surface area contributed by atoms with Crippen molar-refractivity contribution in [1.29, 1.82) is 0 Å². The van der Waals surface area contributed by atoms with Gasteiger partial charge in [0.25, 0.3) is 5.91 Å². The predicted octanol–water partition coefficient (Wildman–Crippen LogP) is 4.08. The fraction of sp³-hybridized carbons (Fsp3) is 0.333. The summed E-state index contributed by atoms with van der Waals surface area (Å²) in [7, 11) is 0. The molecule has 4 nitrogen and oxygen atoms in total. The van der Waals surface area contributed by atoms with Crippen LogP contribution in [0.25, 0.3) is 0 Å². The molecular formula is C18H18ClFN2O2. The molecule has 0 N–H and O–H groups in total. The zero-order valence-corrected chi connectivity index (χ0v) is 14.1. The molecular weight excluding hydrogens is 331 g/mol. The molecule has 1 aromatic heterocycles. The second-order valence-corrected chi connectivity index (χ2v) is 6.08. The molecule has 1 fully saturated rings. The predicted molar refractivity (Wildman–Crippen MR) is 89.7 cm³/mol. The summed E-state index contributed by atoms with van der Waals surface area (Å²) in [5.74, 6) is -0.266. The highest BCUT2D eigenvalue weighted by Crippen LogP contribution is 2.31. The molecule has 0 bridgehead atoms. The number of halogens is 2. The van der Waals surface area contributed by atoms with Gasteiger partial charge < -0.3 is 9.64 Å². The van der Waals surface area contributed by atoms with Crippen LogP contribution in [-0.2, 0) is 6.54 Å². The highest BCUT2D eigenvalue weighted by molar-refractivity contribution is 6.33. The van der Waals surface area contributed by atoms with Gasteiger partial charge in [-0.15, -0.1) is 0 Å². The summed E-state index contributed by atoms with van der Waals surface area (Å²) in [5.41, 5.74) is 0.626. The Hall–Kier alpha value is -2.14. The minimum Gasteiger partial charge on any atom is -0.478 e. The number of rotatable bonds is 6. The van der Waals surface area contributed by atoms with Crippen LogP contribution in [0.2, 0.25) is 5.02 Å². The Labute approximate surface area is 145 Å². The van der Waals surface area contributed by atoms with E-state index in [9.17, 15) is 9.18 Å². The number of hydrogen-bond donors (Lipinski definition) is 0. The summed E-state index contributed by atoms with van der Waals surface area (Å²) in [6, 6.07) is 9.80. The van der Waals surface area contributed by atoms with Crippen molar-refractivity contribution in [2.24, 2.45) is 0 Å². The maximum atomic E-state index is 13.9. The molecule has 0 spiro atoms. The zero-order chi connectivity index (χ0) is 17.1. The number of nitrogens with zero attached hydrogens (tertiary/aromatic N) is 2. The van der Waals surface area contributed by atoms with Gasteiger partial charge in [-0.2, -0.15) is 0 Å². The minimum absolute atomic E-state index is 0.103. The van der Waals surface area contributed by atoms with E-state index in [4.69, 9.17) is 16.3 Å². The van der Waals surface area contributed by atoms with Crippen molar-refractivity contribution in [1.82, 2.24) is 9.88 Å². The van der Waals surface area contributed by atoms with Crippen LogP contribution in [0.1, 0.15) is 35.8 Å². The first kappa shape index (κ1) is 16.7. The van der Waals surface area contributed by atoms with Crippen LogP contribution >= 0.6 is 11.6 Å². The van der Waals surface area contributed by atoms with Gasteiger partial charge in [-0.25, -0.2) is 9.37 Å². The number of benzene rings is 1. The molecule has 0 unspecified atom stereocenters. The lowest BCUT2D eigenvalue weighted by atomic mass is 10.2. The van der Waals surface area contributed by atoms with Crippen LogP contribution in [0.15, 0.2) is 36.4 Å². The molecule has 0 radical (unpaired) electrons. The Bertz CT molecular complexity index is 750. The van der Waals surface area contributed by atoms with Crippen molar-refractivity contribution < 1.29 is 13.9 Å². The average molecular weight is 349 g/mol. The topological polar surface area (TPSA) is 42.4 Å². The van der Waals surface area contributed by atoms with E-state index in [1.165, 1.54) is 6.07 Å². The van der Waals surface area contributed by atoms with Crippen molar-refractivity contribution in [2.75, 3.05) is 6.61 Å². The molecule has 0 saturated heterocycles. The SMILES string of the molecule is CCOc1ccc(Cl)c(C(=O)N(Cc2ccccc2F)C2CC2)n1. The first-order chi connectivity index (χ1) is 11.6. The van der Waals surface area contributed by atoms with Crippen LogP contribution in [0.4, 0.5) is 4.39 Å². The molecule has 1 aromatic carbocycles. The molecule has 2 aromatic rings. The van der Waals surface area contributed by atoms with Gasteiger partial charge in [-0.3, -0.25) is 4.79 Å². The number of carbonyl (C=O) groups is 1. The summed E-state index contributed by atoms with van der Waals surface area (Å²) in [6.07, 6.45) is 1.81. The van der Waals surface area contributed by atoms with Crippen molar-refractivity contribution in [3.8, 4) is 5.88 Å². The van der Waals surface area contributed by atoms with Crippen molar-refractivity contribution in [3.05, 3.63) is 58.5 Å². The molecule has 6 heteroatoms. The van der Waals surface area contributed by atoms with E-state index in [1.54, 1.807) is 35.2 Å². The summed E-state index contributed by atoms with van der Waals surface area (Å²) in [5, 5.41) is 0.266. The lowest BCUT2D eigenvalue weighted by Crippen LogP contribution is -2.33. The van der Waals surface area contributed by atoms with E-state index < -0.39 is 0 Å². The van der Waals surface area contributed by atoms with E-state index in [1.807, 2.05) is 6.92 Å². The van der Waals surface area contributed by atoms with Gasteiger partial charge in [0.05, 0.1) is 11.6 Å². The van der Waals surface area contributed by atoms with Crippen LogP contribution in [-0.4, -0.2) is 28.4 Å². The molecule has 24 heavy (non-hydrogen) atoms. The summed E-state index contributed by atoms with van der Waals surface area (Å²) < 4.78 is 19.3. The van der Waals surface area contributed by atoms with Gasteiger partial charge in [0.1, 0.15) is 5.82 Å². The Morgan fingerprint density at radius 2 is 2.08 bits per heavy atom. The lowest BCUT2D eigenvalue weighted by Gasteiger charge is -2.23. The van der Waals surface area contributed by atoms with Gasteiger partial charge in [0.15, 0.2) is 5.69 Å². The number of aromatic nitrogens is 1. The number of hydrogen-bond acceptors (Lipinski definition) is 3. The largest absolute Gasteiger partial charge is 0.478 e. The smallest absolute Gasteiger partial charge is 0.274 e. The Morgan fingerprint density at radius 1 is 1.33 bits per heavy atom. The Kier molecular flexibility index (Phi) is 5.00. The van der Waals surface area contributed by atoms with E-state index >= 15 is 0 Å². The fourth-order valence-corrected chi connectivity index (χ4v) is 2.69. The maximum absolute atomic E-state index is 13.9. The fourth-order valence-electron chi connectivity index (χ4n) is 2.50. The number of amides is 1. The van der Waals surface area contributed by atoms with Crippen LogP contribution in [0.5, 0.6) is 5.88 Å². The summed E-state index contributed by atoms with van der Waals surface area (Å²) in [4.78, 5) is 18.8. The normalized spacial score (nSPS) is 13.6. The van der Waals surface area contributed by atoms with E-state index in [-0.39, 0.29) is 35.0 Å². The van der Waals surface area contributed by atoms with E-state index in [0.717, 1.165) is 12.8 Å². The number of pyridine rings is 1. The molecule has 1 heterocycles. The third kappa shape index (κ3) is 3.67. The Balaban J connectivity index is 1.88. The Morgan fingerprint density at radius 3 is 2.75 bits per heavy atom. The molecule has 1 aliphatic carbocycles. The third-order valence-corrected chi connectivity index (χ3v) is 4.17. The molecule has 0 aliphatic heterocycles. The van der Waals surface area contributed by atoms with Crippen LogP contribution < -0.4 is 4.74 Å². The highest BCUT2D eigenvalue weighted by Gasteiger charge is 2.35. The standard InChI is InChI=1S/C18H18ClFN2O2/c1-2-24-16-10-9-14(19)17(21-16)18(23)22(13-7-8-13)11-12-5-3-4-6-15(12)20/h3-6,9-10,13H,2,7-8,11H2,1H3. The van der Waals surface area contributed by atoms with Gasteiger partial charge in [-0.1, -0.05) is 29.8 Å². The molecule has 1 amide bonds. The van der Waals surface area contributed by atoms with Gasteiger partial charge in [-0.05, 0) is 31.9 Å². The lowest BCUT2D eigenvalue weighted by molar-refractivity contribution is 0.0721. The van der Waals surface area contributed by atoms with E-state index in [2.05, 4.69) is 4.98 Å². The summed E-state index contributed by atoms with van der Waals surface area (Å²) >= 11 is 6.16. The molecule has 1 saturated carbocycles. The zero-order valence-electron chi connectivity index (χ0n) is 13.3. The number of ether oxygens (including phenoxy) is 1. The van der Waals surface area contributed by atoms with E-state index in [0.29, 0.717) is 18.1 Å². The van der Waals surface area contributed by atoms with Crippen molar-refractivity contribution >= 4 is 17.5 Å². The minimum atomic E-state index is -0.321. The molecule has 0 atom stereocenters.